The van der Waals surface area contributed by atoms with Gasteiger partial charge in [-0.2, -0.15) is 0 Å². The molecule has 3 unspecified atom stereocenters. The highest BCUT2D eigenvalue weighted by Gasteiger charge is 2.48. The minimum absolute atomic E-state index is 0.00532. The molecular formula is C13H21N3O3. The number of hydrogen-bond donors (Lipinski definition) is 1. The summed E-state index contributed by atoms with van der Waals surface area (Å²) in [5, 5.41) is 3.34. The van der Waals surface area contributed by atoms with E-state index in [1.54, 1.807) is 0 Å². The molecule has 0 aromatic rings. The second-order valence-corrected chi connectivity index (χ2v) is 5.74. The van der Waals surface area contributed by atoms with Crippen molar-refractivity contribution in [2.45, 2.75) is 26.3 Å². The Bertz CT molecular complexity index is 399. The Morgan fingerprint density at radius 1 is 1.05 bits per heavy atom. The van der Waals surface area contributed by atoms with Gasteiger partial charge in [-0.1, -0.05) is 6.92 Å². The van der Waals surface area contributed by atoms with Gasteiger partial charge in [-0.05, 0) is 31.7 Å². The van der Waals surface area contributed by atoms with Gasteiger partial charge in [0.1, 0.15) is 5.92 Å². The molecule has 0 radical (unpaired) electrons. The lowest BCUT2D eigenvalue weighted by atomic mass is 9.74. The van der Waals surface area contributed by atoms with Gasteiger partial charge in [0.25, 0.3) is 0 Å². The monoisotopic (exact) mass is 267 g/mol. The molecule has 0 aliphatic carbocycles. The lowest BCUT2D eigenvalue weighted by Crippen LogP contribution is -2.60. The van der Waals surface area contributed by atoms with Gasteiger partial charge >= 0.3 is 6.03 Å². The maximum Gasteiger partial charge on any atom is 0.332 e. The topological polar surface area (TPSA) is 69.7 Å². The van der Waals surface area contributed by atoms with Crippen LogP contribution in [0, 0.1) is 17.8 Å². The van der Waals surface area contributed by atoms with Crippen LogP contribution in [-0.2, 0) is 9.59 Å². The second kappa shape index (κ2) is 4.92. The molecule has 106 valence electrons. The van der Waals surface area contributed by atoms with Crippen molar-refractivity contribution < 1.29 is 14.4 Å². The lowest BCUT2D eigenvalue weighted by molar-refractivity contribution is -0.151. The third kappa shape index (κ3) is 2.25. The van der Waals surface area contributed by atoms with E-state index in [1.165, 1.54) is 14.1 Å². The maximum atomic E-state index is 12.3. The smallest absolute Gasteiger partial charge is 0.314 e. The van der Waals surface area contributed by atoms with Gasteiger partial charge in [-0.25, -0.2) is 4.79 Å². The van der Waals surface area contributed by atoms with E-state index in [9.17, 15) is 14.4 Å². The van der Waals surface area contributed by atoms with Gasteiger partial charge in [0.15, 0.2) is 0 Å². The van der Waals surface area contributed by atoms with Gasteiger partial charge in [-0.3, -0.25) is 19.4 Å². The molecule has 2 heterocycles. The summed E-state index contributed by atoms with van der Waals surface area (Å²) >= 11 is 0. The first-order chi connectivity index (χ1) is 8.84. The first-order valence-electron chi connectivity index (χ1n) is 6.67. The number of piperidine rings is 1. The number of urea groups is 1. The van der Waals surface area contributed by atoms with Crippen LogP contribution in [0.25, 0.3) is 0 Å². The fourth-order valence-corrected chi connectivity index (χ4v) is 3.03. The lowest BCUT2D eigenvalue weighted by Gasteiger charge is -2.42. The summed E-state index contributed by atoms with van der Waals surface area (Å²) in [7, 11) is 2.88. The summed E-state index contributed by atoms with van der Waals surface area (Å²) in [5.74, 6) is -1.20. The molecule has 2 aliphatic heterocycles. The fourth-order valence-electron chi connectivity index (χ4n) is 3.03. The minimum atomic E-state index is -0.716. The van der Waals surface area contributed by atoms with Crippen LogP contribution in [-0.4, -0.2) is 54.3 Å². The molecule has 0 aromatic heterocycles. The van der Waals surface area contributed by atoms with Crippen LogP contribution < -0.4 is 5.32 Å². The number of carbonyl (C=O) groups is 3. The Balaban J connectivity index is 2.28. The highest BCUT2D eigenvalue weighted by atomic mass is 16.2. The second-order valence-electron chi connectivity index (χ2n) is 5.74. The Kier molecular flexibility index (Phi) is 3.62. The van der Waals surface area contributed by atoms with Crippen LogP contribution >= 0.6 is 0 Å². The normalized spacial score (nSPS) is 34.1. The fraction of sp³-hybridized carbons (Fsp3) is 0.769. The summed E-state index contributed by atoms with van der Waals surface area (Å²) in [6.45, 7) is 4.89. The molecule has 0 spiro atoms. The standard InChI is InChI=1S/C13H21N3O3/c1-7-6-14-8(2)5-9(7)10-11(17)15(3)13(19)16(4)12(10)18/h7-10,14H,5-6H2,1-4H3. The summed E-state index contributed by atoms with van der Waals surface area (Å²) < 4.78 is 0. The Morgan fingerprint density at radius 2 is 1.58 bits per heavy atom. The van der Waals surface area contributed by atoms with Gasteiger partial charge in [-0.15, -0.1) is 0 Å². The van der Waals surface area contributed by atoms with Crippen molar-refractivity contribution in [1.29, 1.82) is 0 Å². The van der Waals surface area contributed by atoms with Crippen molar-refractivity contribution in [2.24, 2.45) is 17.8 Å². The van der Waals surface area contributed by atoms with E-state index >= 15 is 0 Å². The number of nitrogens with one attached hydrogen (secondary N) is 1. The van der Waals surface area contributed by atoms with Crippen LogP contribution in [0.3, 0.4) is 0 Å². The van der Waals surface area contributed by atoms with E-state index in [2.05, 4.69) is 12.2 Å². The number of carbonyl (C=O) groups excluding carboxylic acids is 3. The summed E-state index contributed by atoms with van der Waals surface area (Å²) in [6, 6.07) is -0.254. The first-order valence-corrected chi connectivity index (χ1v) is 6.67. The van der Waals surface area contributed by atoms with E-state index in [0.717, 1.165) is 22.8 Å². The molecule has 0 bridgehead atoms. The predicted octanol–water partition coefficient (Wildman–Crippen LogP) is 0.287. The summed E-state index contributed by atoms with van der Waals surface area (Å²) in [4.78, 5) is 38.4. The summed E-state index contributed by atoms with van der Waals surface area (Å²) in [6.07, 6.45) is 0.777. The van der Waals surface area contributed by atoms with Crippen molar-refractivity contribution in [1.82, 2.24) is 15.1 Å². The van der Waals surface area contributed by atoms with Crippen molar-refractivity contribution in [2.75, 3.05) is 20.6 Å². The maximum absolute atomic E-state index is 12.3. The molecule has 1 N–H and O–H groups in total. The summed E-state index contributed by atoms with van der Waals surface area (Å²) in [5.41, 5.74) is 0. The average Bonchev–Trinajstić information content (AvgIpc) is 2.38. The molecule has 6 heteroatoms. The minimum Gasteiger partial charge on any atom is -0.314 e. The van der Waals surface area contributed by atoms with E-state index in [4.69, 9.17) is 0 Å². The van der Waals surface area contributed by atoms with Crippen LogP contribution in [0.5, 0.6) is 0 Å². The molecule has 0 aromatic carbocycles. The zero-order valence-corrected chi connectivity index (χ0v) is 11.8. The van der Waals surface area contributed by atoms with Crippen LogP contribution in [0.2, 0.25) is 0 Å². The SMILES string of the molecule is CC1CC(C2C(=O)N(C)C(=O)N(C)C2=O)C(C)CN1. The average molecular weight is 267 g/mol. The van der Waals surface area contributed by atoms with E-state index in [-0.39, 0.29) is 29.7 Å². The van der Waals surface area contributed by atoms with Crippen molar-refractivity contribution in [3.05, 3.63) is 0 Å². The van der Waals surface area contributed by atoms with Crippen molar-refractivity contribution in [3.63, 3.8) is 0 Å². The molecule has 2 rings (SSSR count). The van der Waals surface area contributed by atoms with Crippen LogP contribution in [0.15, 0.2) is 0 Å². The number of nitrogens with zero attached hydrogens (tertiary/aromatic N) is 2. The quantitative estimate of drug-likeness (QED) is 0.693. The molecule has 2 saturated heterocycles. The van der Waals surface area contributed by atoms with Gasteiger partial charge in [0.2, 0.25) is 11.8 Å². The molecule has 4 amide bonds. The van der Waals surface area contributed by atoms with Crippen molar-refractivity contribution >= 4 is 17.8 Å². The predicted molar refractivity (Wildman–Crippen MR) is 69.2 cm³/mol. The zero-order valence-electron chi connectivity index (χ0n) is 11.8. The third-order valence-corrected chi connectivity index (χ3v) is 4.34. The van der Waals surface area contributed by atoms with E-state index < -0.39 is 11.9 Å². The van der Waals surface area contributed by atoms with Crippen molar-refractivity contribution in [3.8, 4) is 0 Å². The number of barbiturate groups is 1. The third-order valence-electron chi connectivity index (χ3n) is 4.34. The number of rotatable bonds is 1. The largest absolute Gasteiger partial charge is 0.332 e. The van der Waals surface area contributed by atoms with E-state index in [0.29, 0.717) is 0 Å². The Morgan fingerprint density at radius 3 is 2.11 bits per heavy atom. The van der Waals surface area contributed by atoms with Gasteiger partial charge in [0.05, 0.1) is 0 Å². The van der Waals surface area contributed by atoms with Gasteiger partial charge in [0, 0.05) is 20.1 Å². The highest BCUT2D eigenvalue weighted by molar-refractivity contribution is 6.15. The van der Waals surface area contributed by atoms with Gasteiger partial charge < -0.3 is 5.32 Å². The molecule has 2 fully saturated rings. The number of hydrogen-bond acceptors (Lipinski definition) is 4. The molecule has 6 nitrogen and oxygen atoms in total. The van der Waals surface area contributed by atoms with E-state index in [1.807, 2.05) is 6.92 Å². The number of amides is 4. The molecular weight excluding hydrogens is 246 g/mol. The van der Waals surface area contributed by atoms with Crippen LogP contribution in [0.1, 0.15) is 20.3 Å². The molecule has 2 aliphatic rings. The number of imide groups is 2. The first kappa shape index (κ1) is 14.0. The molecule has 19 heavy (non-hydrogen) atoms. The Hall–Kier alpha value is -1.43. The highest BCUT2D eigenvalue weighted by Crippen LogP contribution is 2.33. The van der Waals surface area contributed by atoms with Crippen LogP contribution in [0.4, 0.5) is 4.79 Å². The Labute approximate surface area is 113 Å². The molecule has 0 saturated carbocycles. The molecule has 3 atom stereocenters. The zero-order chi connectivity index (χ0) is 14.3.